The van der Waals surface area contributed by atoms with E-state index < -0.39 is 18.1 Å². The first kappa shape index (κ1) is 25.3. The topological polar surface area (TPSA) is 145 Å². The number of nitrogens with one attached hydrogen (secondary N) is 2. The largest absolute Gasteiger partial charge is 0.490 e. The average molecular weight is 466 g/mol. The van der Waals surface area contributed by atoms with Crippen LogP contribution in [0.25, 0.3) is 11.1 Å². The highest BCUT2D eigenvalue weighted by Crippen LogP contribution is 2.22. The second kappa shape index (κ2) is 12.7. The van der Waals surface area contributed by atoms with Gasteiger partial charge in [0.1, 0.15) is 5.69 Å². The van der Waals surface area contributed by atoms with Crippen LogP contribution in [-0.2, 0) is 9.59 Å². The zero-order chi connectivity index (χ0) is 22.6. The van der Waals surface area contributed by atoms with Crippen molar-refractivity contribution in [3.63, 3.8) is 0 Å². The molecule has 9 nitrogen and oxygen atoms in total. The van der Waals surface area contributed by atoms with Gasteiger partial charge in [-0.1, -0.05) is 21.6 Å². The summed E-state index contributed by atoms with van der Waals surface area (Å²) in [5, 5.41) is 25.1. The number of aromatic amines is 1. The fourth-order valence-corrected chi connectivity index (χ4v) is 3.64. The molecular formula is C16H17F3N4O5S2. The summed E-state index contributed by atoms with van der Waals surface area (Å²) in [6, 6.07) is 3.63. The van der Waals surface area contributed by atoms with E-state index in [2.05, 4.69) is 20.5 Å². The molecule has 30 heavy (non-hydrogen) atoms. The number of hydrogen-bond acceptors (Lipinski definition) is 7. The normalized spacial score (nSPS) is 10.6. The molecule has 164 valence electrons. The first-order valence-corrected chi connectivity index (χ1v) is 10.6. The molecule has 2 heterocycles. The van der Waals surface area contributed by atoms with Crippen LogP contribution in [0.4, 0.5) is 13.2 Å². The van der Waals surface area contributed by atoms with Crippen molar-refractivity contribution in [3.05, 3.63) is 36.4 Å². The minimum Gasteiger partial charge on any atom is -0.481 e. The Morgan fingerprint density at radius 3 is 2.27 bits per heavy atom. The maximum atomic E-state index is 12.2. The molecule has 0 aliphatic rings. The van der Waals surface area contributed by atoms with Crippen molar-refractivity contribution in [2.45, 2.75) is 12.6 Å². The molecule has 14 heteroatoms. The van der Waals surface area contributed by atoms with Crippen molar-refractivity contribution >= 4 is 39.4 Å². The van der Waals surface area contributed by atoms with Crippen LogP contribution in [0.1, 0.15) is 16.9 Å². The third-order valence-corrected chi connectivity index (χ3v) is 5.46. The number of carboxylic acids is 2. The van der Waals surface area contributed by atoms with Crippen molar-refractivity contribution < 1.29 is 37.8 Å². The Labute approximate surface area is 176 Å². The molecule has 0 spiro atoms. The van der Waals surface area contributed by atoms with Gasteiger partial charge in [0.25, 0.3) is 5.91 Å². The molecule has 0 aliphatic heterocycles. The van der Waals surface area contributed by atoms with Crippen molar-refractivity contribution in [1.29, 1.82) is 0 Å². The number of alkyl halides is 3. The summed E-state index contributed by atoms with van der Waals surface area (Å²) in [4.78, 5) is 35.4. The zero-order valence-corrected chi connectivity index (χ0v) is 16.8. The van der Waals surface area contributed by atoms with E-state index in [1.54, 1.807) is 18.6 Å². The van der Waals surface area contributed by atoms with Crippen LogP contribution in [0, 0.1) is 0 Å². The Morgan fingerprint density at radius 1 is 1.10 bits per heavy atom. The lowest BCUT2D eigenvalue weighted by Crippen LogP contribution is -2.26. The standard InChI is InChI=1S/C14H16N4O3S2.C2HF3O2/c19-12(20)3-7-22-23-8-6-16-14(21)13-11(9-17-18-13)10-1-4-15-5-2-10;3-2(4,5)1(6)7/h1-2,4-5,9H,3,6-8H2,(H,16,21)(H,17,18)(H,19,20);(H,6,7). The van der Waals surface area contributed by atoms with E-state index in [4.69, 9.17) is 15.0 Å². The summed E-state index contributed by atoms with van der Waals surface area (Å²) in [7, 11) is 3.03. The minimum atomic E-state index is -5.08. The SMILES string of the molecule is O=C(O)C(F)(F)F.O=C(O)CCSSCCNC(=O)c1[nH]ncc1-c1ccncc1. The Bertz CT molecular complexity index is 834. The highest BCUT2D eigenvalue weighted by molar-refractivity contribution is 8.76. The minimum absolute atomic E-state index is 0.146. The van der Waals surface area contributed by atoms with Gasteiger partial charge in [-0.25, -0.2) is 4.79 Å². The molecule has 4 N–H and O–H groups in total. The lowest BCUT2D eigenvalue weighted by molar-refractivity contribution is -0.192. The average Bonchev–Trinajstić information content (AvgIpc) is 3.17. The zero-order valence-electron chi connectivity index (χ0n) is 15.2. The van der Waals surface area contributed by atoms with Gasteiger partial charge in [-0.05, 0) is 17.7 Å². The number of carboxylic acid groups (broad SMARTS) is 2. The molecule has 1 amide bonds. The van der Waals surface area contributed by atoms with Gasteiger partial charge in [0.2, 0.25) is 0 Å². The molecule has 0 saturated heterocycles. The van der Waals surface area contributed by atoms with Crippen LogP contribution in [-0.4, -0.2) is 67.5 Å². The molecule has 0 unspecified atom stereocenters. The summed E-state index contributed by atoms with van der Waals surface area (Å²) >= 11 is 0. The van der Waals surface area contributed by atoms with Crippen LogP contribution < -0.4 is 5.32 Å². The lowest BCUT2D eigenvalue weighted by atomic mass is 10.1. The number of aromatic nitrogens is 3. The third-order valence-electron chi connectivity index (χ3n) is 3.05. The molecule has 0 aromatic carbocycles. The smallest absolute Gasteiger partial charge is 0.481 e. The quantitative estimate of drug-likeness (QED) is 0.324. The number of aliphatic carboxylic acids is 2. The van der Waals surface area contributed by atoms with Crippen LogP contribution in [0.5, 0.6) is 0 Å². The van der Waals surface area contributed by atoms with E-state index in [1.165, 1.54) is 21.6 Å². The number of pyridine rings is 1. The highest BCUT2D eigenvalue weighted by Gasteiger charge is 2.38. The van der Waals surface area contributed by atoms with Gasteiger partial charge in [0.05, 0.1) is 12.6 Å². The number of carbonyl (C=O) groups excluding carboxylic acids is 1. The van der Waals surface area contributed by atoms with Crippen LogP contribution in [0.15, 0.2) is 30.7 Å². The first-order valence-electron chi connectivity index (χ1n) is 8.11. The first-order chi connectivity index (χ1) is 14.1. The van der Waals surface area contributed by atoms with Crippen molar-refractivity contribution in [1.82, 2.24) is 20.5 Å². The van der Waals surface area contributed by atoms with Gasteiger partial charge in [0.15, 0.2) is 0 Å². The summed E-state index contributed by atoms with van der Waals surface area (Å²) in [5.41, 5.74) is 2.02. The van der Waals surface area contributed by atoms with Crippen LogP contribution in [0.3, 0.4) is 0 Å². The van der Waals surface area contributed by atoms with E-state index in [0.717, 1.165) is 11.1 Å². The third kappa shape index (κ3) is 9.65. The maximum absolute atomic E-state index is 12.2. The van der Waals surface area contributed by atoms with Crippen molar-refractivity contribution in [3.8, 4) is 11.1 Å². The van der Waals surface area contributed by atoms with Gasteiger partial charge in [-0.15, -0.1) is 0 Å². The molecule has 0 atom stereocenters. The molecule has 2 aromatic heterocycles. The lowest BCUT2D eigenvalue weighted by Gasteiger charge is -2.05. The summed E-state index contributed by atoms with van der Waals surface area (Å²) in [6.45, 7) is 0.498. The summed E-state index contributed by atoms with van der Waals surface area (Å²) in [6.07, 6.45) is -0.00176. The molecule has 2 aromatic rings. The Morgan fingerprint density at radius 2 is 1.70 bits per heavy atom. The van der Waals surface area contributed by atoms with E-state index >= 15 is 0 Å². The number of amides is 1. The number of rotatable bonds is 9. The predicted molar refractivity (Wildman–Crippen MR) is 105 cm³/mol. The Balaban J connectivity index is 0.000000553. The fourth-order valence-electron chi connectivity index (χ4n) is 1.75. The number of nitrogens with zero attached hydrogens (tertiary/aromatic N) is 2. The van der Waals surface area contributed by atoms with Gasteiger partial charge in [0, 0.05) is 36.0 Å². The number of hydrogen-bond donors (Lipinski definition) is 4. The second-order valence-corrected chi connectivity index (χ2v) is 7.94. The summed E-state index contributed by atoms with van der Waals surface area (Å²) < 4.78 is 31.7. The Kier molecular flexibility index (Phi) is 10.7. The van der Waals surface area contributed by atoms with E-state index in [1.807, 2.05) is 12.1 Å². The molecule has 0 saturated carbocycles. The van der Waals surface area contributed by atoms with Crippen molar-refractivity contribution in [2.75, 3.05) is 18.1 Å². The molecule has 2 rings (SSSR count). The monoisotopic (exact) mass is 466 g/mol. The highest BCUT2D eigenvalue weighted by atomic mass is 33.1. The number of H-pyrrole nitrogens is 1. The Hall–Kier alpha value is -2.74. The summed E-state index contributed by atoms with van der Waals surface area (Å²) in [5.74, 6) is -2.51. The van der Waals surface area contributed by atoms with E-state index in [9.17, 15) is 22.8 Å². The second-order valence-electron chi connectivity index (χ2n) is 5.24. The molecular weight excluding hydrogens is 449 g/mol. The molecule has 0 radical (unpaired) electrons. The molecule has 0 aliphatic carbocycles. The van der Waals surface area contributed by atoms with Crippen LogP contribution in [0.2, 0.25) is 0 Å². The predicted octanol–water partition coefficient (Wildman–Crippen LogP) is 2.69. The van der Waals surface area contributed by atoms with Gasteiger partial charge in [-0.3, -0.25) is 19.7 Å². The number of halogens is 3. The van der Waals surface area contributed by atoms with Crippen molar-refractivity contribution in [2.24, 2.45) is 0 Å². The van der Waals surface area contributed by atoms with E-state index in [0.29, 0.717) is 23.7 Å². The molecule has 0 fully saturated rings. The van der Waals surface area contributed by atoms with Crippen LogP contribution >= 0.6 is 21.6 Å². The molecule has 0 bridgehead atoms. The van der Waals surface area contributed by atoms with Gasteiger partial charge >= 0.3 is 18.1 Å². The van der Waals surface area contributed by atoms with Gasteiger partial charge < -0.3 is 15.5 Å². The maximum Gasteiger partial charge on any atom is 0.490 e. The van der Waals surface area contributed by atoms with E-state index in [-0.39, 0.29) is 12.3 Å². The van der Waals surface area contributed by atoms with Gasteiger partial charge in [-0.2, -0.15) is 18.3 Å². The number of carbonyl (C=O) groups is 3. The fraction of sp³-hybridized carbons (Fsp3) is 0.312.